The van der Waals surface area contributed by atoms with E-state index in [4.69, 9.17) is 5.14 Å². The van der Waals surface area contributed by atoms with Gasteiger partial charge in [0.25, 0.3) is 0 Å². The summed E-state index contributed by atoms with van der Waals surface area (Å²) >= 11 is 1.43. The highest BCUT2D eigenvalue weighted by Gasteiger charge is 2.13. The lowest BCUT2D eigenvalue weighted by molar-refractivity contribution is -0.113. The third-order valence-corrected chi connectivity index (χ3v) is 5.46. The molecule has 0 aliphatic rings. The Labute approximate surface area is 140 Å². The number of sulfonamides is 1. The SMILES string of the molecule is Cc1ccccc1SCC(=O)Nc1ccc(C)c(S(N)(=O)=O)c1. The van der Waals surface area contributed by atoms with Gasteiger partial charge in [-0.25, -0.2) is 13.6 Å². The number of aryl methyl sites for hydroxylation is 2. The highest BCUT2D eigenvalue weighted by atomic mass is 32.2. The van der Waals surface area contributed by atoms with Crippen molar-refractivity contribution in [3.8, 4) is 0 Å². The molecule has 1 amide bonds. The monoisotopic (exact) mass is 350 g/mol. The summed E-state index contributed by atoms with van der Waals surface area (Å²) < 4.78 is 23.0. The minimum Gasteiger partial charge on any atom is -0.325 e. The van der Waals surface area contributed by atoms with Crippen LogP contribution in [0.25, 0.3) is 0 Å². The van der Waals surface area contributed by atoms with E-state index in [0.717, 1.165) is 10.5 Å². The molecule has 0 aliphatic heterocycles. The van der Waals surface area contributed by atoms with Gasteiger partial charge in [-0.3, -0.25) is 4.79 Å². The van der Waals surface area contributed by atoms with Crippen molar-refractivity contribution in [2.24, 2.45) is 5.14 Å². The van der Waals surface area contributed by atoms with Gasteiger partial charge in [-0.1, -0.05) is 24.3 Å². The van der Waals surface area contributed by atoms with Crippen molar-refractivity contribution in [1.82, 2.24) is 0 Å². The van der Waals surface area contributed by atoms with Gasteiger partial charge in [-0.2, -0.15) is 0 Å². The van der Waals surface area contributed by atoms with Crippen molar-refractivity contribution in [2.75, 3.05) is 11.1 Å². The topological polar surface area (TPSA) is 89.3 Å². The van der Waals surface area contributed by atoms with Crippen molar-refractivity contribution in [1.29, 1.82) is 0 Å². The van der Waals surface area contributed by atoms with E-state index in [1.807, 2.05) is 31.2 Å². The molecule has 2 rings (SSSR count). The van der Waals surface area contributed by atoms with Crippen LogP contribution in [0.1, 0.15) is 11.1 Å². The molecule has 0 aromatic heterocycles. The number of carbonyl (C=O) groups is 1. The Morgan fingerprint density at radius 3 is 2.48 bits per heavy atom. The van der Waals surface area contributed by atoms with Crippen LogP contribution >= 0.6 is 11.8 Å². The molecule has 2 aromatic carbocycles. The van der Waals surface area contributed by atoms with Crippen LogP contribution in [0.15, 0.2) is 52.3 Å². The van der Waals surface area contributed by atoms with Crippen LogP contribution in [0, 0.1) is 13.8 Å². The van der Waals surface area contributed by atoms with E-state index in [1.165, 1.54) is 17.8 Å². The van der Waals surface area contributed by atoms with Crippen molar-refractivity contribution in [3.05, 3.63) is 53.6 Å². The third kappa shape index (κ3) is 4.82. The zero-order valence-electron chi connectivity index (χ0n) is 12.9. The molecule has 0 fully saturated rings. The molecule has 0 radical (unpaired) electrons. The zero-order valence-corrected chi connectivity index (χ0v) is 14.5. The first kappa shape index (κ1) is 17.5. The fourth-order valence-electron chi connectivity index (χ4n) is 2.04. The van der Waals surface area contributed by atoms with E-state index in [2.05, 4.69) is 5.32 Å². The lowest BCUT2D eigenvalue weighted by Gasteiger charge is -2.09. The van der Waals surface area contributed by atoms with Crippen LogP contribution in [-0.4, -0.2) is 20.1 Å². The molecule has 0 saturated carbocycles. The van der Waals surface area contributed by atoms with Gasteiger partial charge in [0.2, 0.25) is 15.9 Å². The maximum Gasteiger partial charge on any atom is 0.238 e. The molecular weight excluding hydrogens is 332 g/mol. The predicted octanol–water partition coefficient (Wildman–Crippen LogP) is 2.68. The van der Waals surface area contributed by atoms with Crippen molar-refractivity contribution < 1.29 is 13.2 Å². The summed E-state index contributed by atoms with van der Waals surface area (Å²) in [5.74, 6) is 0.0335. The minimum absolute atomic E-state index is 0.0156. The standard InChI is InChI=1S/C16H18N2O3S2/c1-11-5-3-4-6-14(11)22-10-16(19)18-13-8-7-12(2)15(9-13)23(17,20)21/h3-9H,10H2,1-2H3,(H,18,19)(H2,17,20,21). The van der Waals surface area contributed by atoms with Crippen LogP contribution < -0.4 is 10.5 Å². The largest absolute Gasteiger partial charge is 0.325 e. The Kier molecular flexibility index (Phi) is 5.46. The van der Waals surface area contributed by atoms with E-state index < -0.39 is 10.0 Å². The second kappa shape index (κ2) is 7.16. The van der Waals surface area contributed by atoms with E-state index in [0.29, 0.717) is 11.3 Å². The Morgan fingerprint density at radius 2 is 1.83 bits per heavy atom. The Hall–Kier alpha value is -1.83. The molecule has 3 N–H and O–H groups in total. The molecule has 0 bridgehead atoms. The van der Waals surface area contributed by atoms with Crippen molar-refractivity contribution in [2.45, 2.75) is 23.6 Å². The quantitative estimate of drug-likeness (QED) is 0.811. The molecule has 0 atom stereocenters. The smallest absolute Gasteiger partial charge is 0.238 e. The summed E-state index contributed by atoms with van der Waals surface area (Å²) in [4.78, 5) is 13.1. The number of benzene rings is 2. The van der Waals surface area contributed by atoms with E-state index in [1.54, 1.807) is 19.1 Å². The molecule has 23 heavy (non-hydrogen) atoms. The second-order valence-electron chi connectivity index (χ2n) is 5.13. The van der Waals surface area contributed by atoms with Gasteiger partial charge in [0, 0.05) is 10.6 Å². The molecule has 5 nitrogen and oxygen atoms in total. The number of amides is 1. The number of anilines is 1. The summed E-state index contributed by atoms with van der Waals surface area (Å²) in [7, 11) is -3.81. The van der Waals surface area contributed by atoms with Gasteiger partial charge in [-0.05, 0) is 43.2 Å². The fraction of sp³-hybridized carbons (Fsp3) is 0.188. The number of carbonyl (C=O) groups excluding carboxylic acids is 1. The molecule has 0 saturated heterocycles. The minimum atomic E-state index is -3.81. The molecule has 7 heteroatoms. The summed E-state index contributed by atoms with van der Waals surface area (Å²) in [6, 6.07) is 12.5. The number of hydrogen-bond donors (Lipinski definition) is 2. The number of rotatable bonds is 5. The van der Waals surface area contributed by atoms with Gasteiger partial charge >= 0.3 is 0 Å². The molecule has 2 aromatic rings. The number of nitrogens with one attached hydrogen (secondary N) is 1. The van der Waals surface area contributed by atoms with E-state index in [-0.39, 0.29) is 16.6 Å². The summed E-state index contributed by atoms with van der Waals surface area (Å²) in [5, 5.41) is 7.86. The van der Waals surface area contributed by atoms with Crippen LogP contribution in [0.5, 0.6) is 0 Å². The van der Waals surface area contributed by atoms with Crippen molar-refractivity contribution >= 4 is 33.4 Å². The maximum atomic E-state index is 12.0. The van der Waals surface area contributed by atoms with Crippen LogP contribution in [0.3, 0.4) is 0 Å². The highest BCUT2D eigenvalue weighted by Crippen LogP contribution is 2.23. The first-order valence-electron chi connectivity index (χ1n) is 6.89. The molecular formula is C16H18N2O3S2. The van der Waals surface area contributed by atoms with Gasteiger partial charge in [0.1, 0.15) is 0 Å². The zero-order chi connectivity index (χ0) is 17.0. The first-order valence-corrected chi connectivity index (χ1v) is 9.42. The number of primary sulfonamides is 1. The van der Waals surface area contributed by atoms with Crippen LogP contribution in [0.4, 0.5) is 5.69 Å². The second-order valence-corrected chi connectivity index (χ2v) is 7.67. The van der Waals surface area contributed by atoms with Gasteiger partial charge in [0.05, 0.1) is 10.6 Å². The molecule has 0 spiro atoms. The number of nitrogens with two attached hydrogens (primary N) is 1. The first-order chi connectivity index (χ1) is 10.8. The van der Waals surface area contributed by atoms with Gasteiger partial charge < -0.3 is 5.32 Å². The molecule has 0 heterocycles. The molecule has 122 valence electrons. The van der Waals surface area contributed by atoms with E-state index >= 15 is 0 Å². The lowest BCUT2D eigenvalue weighted by Crippen LogP contribution is -2.17. The van der Waals surface area contributed by atoms with Crippen LogP contribution in [0.2, 0.25) is 0 Å². The average molecular weight is 350 g/mol. The molecule has 0 unspecified atom stereocenters. The number of hydrogen-bond acceptors (Lipinski definition) is 4. The normalized spacial score (nSPS) is 11.3. The van der Waals surface area contributed by atoms with E-state index in [9.17, 15) is 13.2 Å². The predicted molar refractivity (Wildman–Crippen MR) is 93.1 cm³/mol. The summed E-state index contributed by atoms with van der Waals surface area (Å²) in [6.07, 6.45) is 0. The summed E-state index contributed by atoms with van der Waals surface area (Å²) in [5.41, 5.74) is 2.06. The summed E-state index contributed by atoms with van der Waals surface area (Å²) in [6.45, 7) is 3.64. The highest BCUT2D eigenvalue weighted by molar-refractivity contribution is 8.00. The Morgan fingerprint density at radius 1 is 1.13 bits per heavy atom. The fourth-order valence-corrected chi connectivity index (χ4v) is 3.68. The molecule has 0 aliphatic carbocycles. The third-order valence-electron chi connectivity index (χ3n) is 3.23. The van der Waals surface area contributed by atoms with Gasteiger partial charge in [-0.15, -0.1) is 11.8 Å². The average Bonchev–Trinajstić information content (AvgIpc) is 2.47. The number of thioether (sulfide) groups is 1. The van der Waals surface area contributed by atoms with Crippen LogP contribution in [-0.2, 0) is 14.8 Å². The van der Waals surface area contributed by atoms with Gasteiger partial charge in [0.15, 0.2) is 0 Å². The Bertz CT molecular complexity index is 833. The van der Waals surface area contributed by atoms with Crippen molar-refractivity contribution in [3.63, 3.8) is 0 Å². The maximum absolute atomic E-state index is 12.0. The lowest BCUT2D eigenvalue weighted by atomic mass is 10.2. The Balaban J connectivity index is 2.05.